The highest BCUT2D eigenvalue weighted by atomic mass is 33.1. The lowest BCUT2D eigenvalue weighted by molar-refractivity contribution is -0.127. The van der Waals surface area contributed by atoms with Crippen molar-refractivity contribution in [2.75, 3.05) is 5.75 Å². The van der Waals surface area contributed by atoms with E-state index in [1.165, 1.54) is 36.8 Å². The van der Waals surface area contributed by atoms with Gasteiger partial charge in [0.2, 0.25) is 0 Å². The van der Waals surface area contributed by atoms with Gasteiger partial charge in [-0.05, 0) is 25.3 Å². The summed E-state index contributed by atoms with van der Waals surface area (Å²) in [5.41, 5.74) is 0. The van der Waals surface area contributed by atoms with Crippen LogP contribution in [0.1, 0.15) is 32.1 Å². The quantitative estimate of drug-likeness (QED) is 0.352. The molecule has 0 unspecified atom stereocenters. The fraction of sp³-hybridized carbons (Fsp3) is 0.600. The van der Waals surface area contributed by atoms with Crippen LogP contribution in [-0.4, -0.2) is 5.75 Å². The van der Waals surface area contributed by atoms with Crippen molar-refractivity contribution in [3.63, 3.8) is 0 Å². The Morgan fingerprint density at radius 2 is 1.93 bits per heavy atom. The first-order valence-electron chi connectivity index (χ1n) is 4.93. The van der Waals surface area contributed by atoms with Gasteiger partial charge in [-0.2, -0.15) is 0 Å². The Hall–Kier alpha value is -0.0600. The molecule has 0 amide bonds. The van der Waals surface area contributed by atoms with Crippen LogP contribution in [0.3, 0.4) is 0 Å². The van der Waals surface area contributed by atoms with Crippen LogP contribution in [0.2, 0.25) is 0 Å². The zero-order chi connectivity index (χ0) is 9.90. The van der Waals surface area contributed by atoms with Crippen LogP contribution in [0, 0.1) is 0 Å². The molecule has 0 saturated heterocycles. The van der Waals surface area contributed by atoms with Gasteiger partial charge in [-0.15, -0.1) is 4.33 Å². The Kier molecular flexibility index (Phi) is 8.15. The highest BCUT2D eigenvalue weighted by Crippen LogP contribution is 2.24. The van der Waals surface area contributed by atoms with Gasteiger partial charge < -0.3 is 4.89 Å². The maximum absolute atomic E-state index is 4.84. The summed E-state index contributed by atoms with van der Waals surface area (Å²) in [5, 5.41) is 0. The smallest absolute Gasteiger partial charge is 0.130 e. The van der Waals surface area contributed by atoms with Crippen LogP contribution in [0.4, 0.5) is 0 Å². The fourth-order valence-electron chi connectivity index (χ4n) is 1.12. The summed E-state index contributed by atoms with van der Waals surface area (Å²) in [6.45, 7) is 0. The van der Waals surface area contributed by atoms with Gasteiger partial charge >= 0.3 is 0 Å². The second-order valence-corrected chi connectivity index (χ2v) is 5.05. The lowest BCUT2D eigenvalue weighted by atomic mass is 10.1. The molecule has 14 heavy (non-hydrogen) atoms. The molecule has 0 aliphatic carbocycles. The van der Waals surface area contributed by atoms with Gasteiger partial charge in [-0.25, -0.2) is 0 Å². The standard InChI is InChI=1S/C10H16O2S2/c1-2-4-6-8-10-13-14-12-11-9-7-5-3-1/h3,5,7,9H,1-2,4,6,8,10H2/b5-3+,9-7-. The molecular formula is C10H16O2S2. The number of allylic oxidation sites excluding steroid dienone is 3. The van der Waals surface area contributed by atoms with Gasteiger partial charge in [-0.3, -0.25) is 0 Å². The van der Waals surface area contributed by atoms with Gasteiger partial charge in [0.25, 0.3) is 0 Å². The summed E-state index contributed by atoms with van der Waals surface area (Å²) in [6.07, 6.45) is 13.9. The number of hydrogen-bond acceptors (Lipinski definition) is 4. The molecule has 4 heteroatoms. The van der Waals surface area contributed by atoms with Crippen molar-refractivity contribution < 1.29 is 9.22 Å². The molecule has 0 bridgehead atoms. The molecule has 0 atom stereocenters. The normalized spacial score (nSPS) is 25.7. The summed E-state index contributed by atoms with van der Waals surface area (Å²) in [7, 11) is 1.70. The van der Waals surface area contributed by atoms with E-state index in [9.17, 15) is 0 Å². The zero-order valence-corrected chi connectivity index (χ0v) is 9.82. The predicted molar refractivity (Wildman–Crippen MR) is 63.6 cm³/mol. The Morgan fingerprint density at radius 1 is 1.00 bits per heavy atom. The molecule has 0 spiro atoms. The molecule has 1 rings (SSSR count). The molecular weight excluding hydrogens is 216 g/mol. The molecule has 0 aromatic heterocycles. The van der Waals surface area contributed by atoms with Crippen molar-refractivity contribution in [3.05, 3.63) is 24.5 Å². The summed E-state index contributed by atoms with van der Waals surface area (Å²) in [4.78, 5) is 4.79. The lowest BCUT2D eigenvalue weighted by Gasteiger charge is -2.00. The second-order valence-electron chi connectivity index (χ2n) is 3.01. The largest absolute Gasteiger partial charge is 0.332 e. The summed E-state index contributed by atoms with van der Waals surface area (Å²) < 4.78 is 4.84. The summed E-state index contributed by atoms with van der Waals surface area (Å²) in [5.74, 6) is 1.13. The van der Waals surface area contributed by atoms with E-state index < -0.39 is 0 Å². The Morgan fingerprint density at radius 3 is 2.93 bits per heavy atom. The molecule has 1 aliphatic rings. The van der Waals surface area contributed by atoms with Crippen molar-refractivity contribution in [1.82, 2.24) is 0 Å². The van der Waals surface area contributed by atoms with Gasteiger partial charge in [0, 0.05) is 5.75 Å². The van der Waals surface area contributed by atoms with Crippen molar-refractivity contribution in [3.8, 4) is 0 Å². The SMILES string of the molecule is C1=C\OOSSCCCCCC/C=C/1. The maximum atomic E-state index is 4.84. The van der Waals surface area contributed by atoms with Crippen LogP contribution < -0.4 is 0 Å². The summed E-state index contributed by atoms with van der Waals surface area (Å²) in [6, 6.07) is 0. The van der Waals surface area contributed by atoms with Crippen molar-refractivity contribution in [2.45, 2.75) is 32.1 Å². The third-order valence-corrected chi connectivity index (χ3v) is 3.49. The summed E-state index contributed by atoms with van der Waals surface area (Å²) >= 11 is 1.30. The molecule has 0 aromatic rings. The van der Waals surface area contributed by atoms with Gasteiger partial charge in [0.05, 0.1) is 0 Å². The first-order chi connectivity index (χ1) is 7.00. The first-order valence-corrected chi connectivity index (χ1v) is 7.18. The molecule has 0 fully saturated rings. The lowest BCUT2D eigenvalue weighted by Crippen LogP contribution is -1.81. The van der Waals surface area contributed by atoms with Crippen molar-refractivity contribution in [1.29, 1.82) is 0 Å². The molecule has 0 N–H and O–H groups in total. The van der Waals surface area contributed by atoms with E-state index in [0.717, 1.165) is 12.2 Å². The number of hydrogen-bond donors (Lipinski definition) is 0. The second kappa shape index (κ2) is 9.49. The van der Waals surface area contributed by atoms with Crippen LogP contribution in [0.5, 0.6) is 0 Å². The van der Waals surface area contributed by atoms with Crippen LogP contribution >= 0.6 is 21.9 Å². The minimum absolute atomic E-state index is 1.13. The minimum Gasteiger partial charge on any atom is -0.332 e. The van der Waals surface area contributed by atoms with Crippen LogP contribution in [0.25, 0.3) is 0 Å². The Bertz CT molecular complexity index is 161. The van der Waals surface area contributed by atoms with Crippen molar-refractivity contribution >= 4 is 21.9 Å². The molecule has 0 aromatic carbocycles. The van der Waals surface area contributed by atoms with Crippen LogP contribution in [-0.2, 0) is 9.22 Å². The van der Waals surface area contributed by atoms with E-state index >= 15 is 0 Å². The Balaban J connectivity index is 2.17. The molecule has 1 aliphatic heterocycles. The van der Waals surface area contributed by atoms with Gasteiger partial charge in [-0.1, -0.05) is 35.8 Å². The maximum Gasteiger partial charge on any atom is 0.130 e. The molecule has 2 nitrogen and oxygen atoms in total. The monoisotopic (exact) mass is 232 g/mol. The van der Waals surface area contributed by atoms with Gasteiger partial charge in [0.15, 0.2) is 0 Å². The average Bonchev–Trinajstić information content (AvgIpc) is 2.22. The molecule has 0 saturated carbocycles. The van der Waals surface area contributed by atoms with E-state index in [0.29, 0.717) is 0 Å². The van der Waals surface area contributed by atoms with E-state index in [4.69, 9.17) is 9.22 Å². The molecule has 0 radical (unpaired) electrons. The highest BCUT2D eigenvalue weighted by molar-refractivity contribution is 8.74. The van der Waals surface area contributed by atoms with Gasteiger partial charge in [0.1, 0.15) is 17.3 Å². The van der Waals surface area contributed by atoms with Crippen LogP contribution in [0.15, 0.2) is 24.5 Å². The van der Waals surface area contributed by atoms with E-state index in [1.807, 2.05) is 12.2 Å². The van der Waals surface area contributed by atoms with E-state index in [-0.39, 0.29) is 0 Å². The number of rotatable bonds is 0. The molecule has 1 heterocycles. The first kappa shape index (κ1) is 12.0. The topological polar surface area (TPSA) is 18.5 Å². The molecule has 80 valence electrons. The van der Waals surface area contributed by atoms with E-state index in [1.54, 1.807) is 17.1 Å². The average molecular weight is 232 g/mol. The van der Waals surface area contributed by atoms with E-state index in [2.05, 4.69) is 6.08 Å². The highest BCUT2D eigenvalue weighted by Gasteiger charge is 1.93. The zero-order valence-electron chi connectivity index (χ0n) is 8.19. The fourth-order valence-corrected chi connectivity index (χ4v) is 2.40. The third kappa shape index (κ3) is 7.35. The predicted octanol–water partition coefficient (Wildman–Crippen LogP) is 4.27. The van der Waals surface area contributed by atoms with Crippen molar-refractivity contribution in [2.24, 2.45) is 0 Å². The minimum atomic E-state index is 1.13. The third-order valence-electron chi connectivity index (χ3n) is 1.84. The Labute approximate surface area is 93.7 Å².